The second-order valence-electron chi connectivity index (χ2n) is 9.87. The molecule has 0 amide bonds. The lowest BCUT2D eigenvalue weighted by atomic mass is 9.44. The normalized spacial score (nSPS) is 32.1. The van der Waals surface area contributed by atoms with Crippen molar-refractivity contribution in [3.8, 4) is 11.5 Å². The molecule has 1 aromatic carbocycles. The molecule has 5 rings (SSSR count). The highest BCUT2D eigenvalue weighted by Gasteiger charge is 2.59. The Hall–Kier alpha value is -0.520. The summed E-state index contributed by atoms with van der Waals surface area (Å²) >= 11 is 3.94. The SMILES string of the molecule is CCCCCCC1(c2cc(O)c([C@@H]3C[C@H](O)C4CC3C4(C)C)c(O)c2)SCCS1. The fourth-order valence-corrected chi connectivity index (χ4v) is 9.46. The van der Waals surface area contributed by atoms with E-state index in [2.05, 4.69) is 20.8 Å². The van der Waals surface area contributed by atoms with Gasteiger partial charge < -0.3 is 15.3 Å². The van der Waals surface area contributed by atoms with Gasteiger partial charge in [0, 0.05) is 17.1 Å². The van der Waals surface area contributed by atoms with Crippen LogP contribution in [0.15, 0.2) is 12.1 Å². The van der Waals surface area contributed by atoms with Crippen LogP contribution in [0.4, 0.5) is 0 Å². The Labute approximate surface area is 184 Å². The minimum absolute atomic E-state index is 0.0310. The maximum absolute atomic E-state index is 11.0. The molecular formula is C24H36O3S2. The summed E-state index contributed by atoms with van der Waals surface area (Å²) in [6, 6.07) is 3.84. The second kappa shape index (κ2) is 8.20. The van der Waals surface area contributed by atoms with Gasteiger partial charge in [-0.3, -0.25) is 0 Å². The molecule has 1 aromatic rings. The van der Waals surface area contributed by atoms with Crippen molar-refractivity contribution in [2.75, 3.05) is 11.5 Å². The van der Waals surface area contributed by atoms with Crippen LogP contribution < -0.4 is 0 Å². The molecule has 2 unspecified atom stereocenters. The number of fused-ring (bicyclic) bond motifs is 2. The molecule has 5 heteroatoms. The summed E-state index contributed by atoms with van der Waals surface area (Å²) in [6.07, 6.45) is 7.30. The van der Waals surface area contributed by atoms with Gasteiger partial charge in [0.15, 0.2) is 0 Å². The molecule has 2 bridgehead atoms. The first kappa shape index (κ1) is 21.7. The molecular weight excluding hydrogens is 400 g/mol. The van der Waals surface area contributed by atoms with Crippen LogP contribution in [0.1, 0.15) is 82.8 Å². The van der Waals surface area contributed by atoms with Crippen molar-refractivity contribution in [1.82, 2.24) is 0 Å². The molecule has 1 heterocycles. The van der Waals surface area contributed by atoms with Crippen LogP contribution in [0.5, 0.6) is 11.5 Å². The average Bonchev–Trinajstić information content (AvgIpc) is 3.14. The van der Waals surface area contributed by atoms with E-state index in [0.717, 1.165) is 29.9 Å². The van der Waals surface area contributed by atoms with Crippen molar-refractivity contribution >= 4 is 23.5 Å². The van der Waals surface area contributed by atoms with E-state index in [1.165, 1.54) is 25.7 Å². The van der Waals surface area contributed by atoms with E-state index in [1.807, 2.05) is 35.7 Å². The third kappa shape index (κ3) is 3.70. The predicted octanol–water partition coefficient (Wildman–Crippen LogP) is 6.21. The molecule has 162 valence electrons. The van der Waals surface area contributed by atoms with Gasteiger partial charge in [-0.25, -0.2) is 0 Å². The summed E-state index contributed by atoms with van der Waals surface area (Å²) in [5.41, 5.74) is 1.79. The summed E-state index contributed by atoms with van der Waals surface area (Å²) in [4.78, 5) is 0. The molecule has 4 atom stereocenters. The van der Waals surface area contributed by atoms with Gasteiger partial charge in [-0.05, 0) is 60.1 Å². The van der Waals surface area contributed by atoms with E-state index < -0.39 is 0 Å². The smallest absolute Gasteiger partial charge is 0.123 e. The van der Waals surface area contributed by atoms with Crippen LogP contribution in [0.25, 0.3) is 0 Å². The summed E-state index contributed by atoms with van der Waals surface area (Å²) in [6.45, 7) is 6.68. The molecule has 1 saturated heterocycles. The molecule has 3 N–H and O–H groups in total. The van der Waals surface area contributed by atoms with Crippen molar-refractivity contribution in [2.45, 2.75) is 81.8 Å². The highest BCUT2D eigenvalue weighted by Crippen LogP contribution is 2.66. The number of benzene rings is 1. The standard InChI is InChI=1S/C24H36O3S2/c1-4-5-6-7-8-24(28-9-10-29-24)15-11-20(26)22(21(27)12-15)16-13-19(25)18-14-17(16)23(18,2)3/h11-12,16-19,25-27H,4-10,13-14H2,1-3H3/t16-,17?,18?,19+/m1/s1. The molecule has 3 nitrogen and oxygen atoms in total. The molecule has 3 saturated carbocycles. The summed E-state index contributed by atoms with van der Waals surface area (Å²) in [5.74, 6) is 3.48. The zero-order valence-corrected chi connectivity index (χ0v) is 19.6. The van der Waals surface area contributed by atoms with Crippen LogP contribution >= 0.6 is 23.5 Å². The van der Waals surface area contributed by atoms with Gasteiger partial charge in [-0.2, -0.15) is 0 Å². The van der Waals surface area contributed by atoms with Crippen LogP contribution in [0.3, 0.4) is 0 Å². The van der Waals surface area contributed by atoms with Crippen molar-refractivity contribution in [2.24, 2.45) is 17.3 Å². The quantitative estimate of drug-likeness (QED) is 0.444. The summed E-state index contributed by atoms with van der Waals surface area (Å²) in [7, 11) is 0. The second-order valence-corrected chi connectivity index (χ2v) is 12.9. The Bertz CT molecular complexity index is 719. The largest absolute Gasteiger partial charge is 0.508 e. The first-order valence-corrected chi connectivity index (χ1v) is 13.3. The molecule has 4 aliphatic rings. The molecule has 29 heavy (non-hydrogen) atoms. The third-order valence-electron chi connectivity index (χ3n) is 7.92. The molecule has 0 radical (unpaired) electrons. The van der Waals surface area contributed by atoms with Gasteiger partial charge in [0.25, 0.3) is 0 Å². The number of phenols is 2. The van der Waals surface area contributed by atoms with E-state index in [-0.39, 0.29) is 33.0 Å². The van der Waals surface area contributed by atoms with E-state index in [4.69, 9.17) is 0 Å². The summed E-state index contributed by atoms with van der Waals surface area (Å²) < 4.78 is -0.0475. The van der Waals surface area contributed by atoms with Gasteiger partial charge >= 0.3 is 0 Å². The lowest BCUT2D eigenvalue weighted by Gasteiger charge is -2.62. The fraction of sp³-hybridized carbons (Fsp3) is 0.750. The van der Waals surface area contributed by atoms with Crippen LogP contribution in [0, 0.1) is 17.3 Å². The van der Waals surface area contributed by atoms with Gasteiger partial charge in [0.2, 0.25) is 0 Å². The van der Waals surface area contributed by atoms with Gasteiger partial charge in [0.1, 0.15) is 11.5 Å². The Morgan fingerprint density at radius 3 is 2.17 bits per heavy atom. The van der Waals surface area contributed by atoms with Crippen molar-refractivity contribution < 1.29 is 15.3 Å². The van der Waals surface area contributed by atoms with Gasteiger partial charge in [-0.15, -0.1) is 23.5 Å². The maximum Gasteiger partial charge on any atom is 0.123 e. The Morgan fingerprint density at radius 2 is 1.62 bits per heavy atom. The molecule has 0 aromatic heterocycles. The minimum atomic E-state index is -0.343. The monoisotopic (exact) mass is 436 g/mol. The van der Waals surface area contributed by atoms with Crippen LogP contribution in [-0.4, -0.2) is 32.9 Å². The number of unbranched alkanes of at least 4 members (excludes halogenated alkanes) is 3. The van der Waals surface area contributed by atoms with Crippen molar-refractivity contribution in [3.63, 3.8) is 0 Å². The van der Waals surface area contributed by atoms with Gasteiger partial charge in [-0.1, -0.05) is 46.5 Å². The van der Waals surface area contributed by atoms with Gasteiger partial charge in [0.05, 0.1) is 10.2 Å². The lowest BCUT2D eigenvalue weighted by Crippen LogP contribution is -2.57. The predicted molar refractivity (Wildman–Crippen MR) is 124 cm³/mol. The molecule has 4 fully saturated rings. The number of rotatable bonds is 7. The Kier molecular flexibility index (Phi) is 6.14. The van der Waals surface area contributed by atoms with Crippen LogP contribution in [-0.2, 0) is 4.08 Å². The fourth-order valence-electron chi connectivity index (χ4n) is 6.16. The number of aliphatic hydroxyl groups is 1. The minimum Gasteiger partial charge on any atom is -0.508 e. The van der Waals surface area contributed by atoms with E-state index in [9.17, 15) is 15.3 Å². The zero-order chi connectivity index (χ0) is 20.8. The Morgan fingerprint density at radius 1 is 0.966 bits per heavy atom. The molecule has 3 aliphatic carbocycles. The number of phenolic OH excluding ortho intramolecular Hbond substituents is 2. The highest BCUT2D eigenvalue weighted by molar-refractivity contribution is 8.20. The average molecular weight is 437 g/mol. The third-order valence-corrected chi connectivity index (χ3v) is 11.5. The van der Waals surface area contributed by atoms with E-state index >= 15 is 0 Å². The number of thioether (sulfide) groups is 2. The topological polar surface area (TPSA) is 60.7 Å². The molecule has 1 aliphatic heterocycles. The lowest BCUT2D eigenvalue weighted by molar-refractivity contribution is -0.152. The van der Waals surface area contributed by atoms with E-state index in [1.54, 1.807) is 0 Å². The Balaban J connectivity index is 1.61. The maximum atomic E-state index is 11.0. The first-order valence-electron chi connectivity index (χ1n) is 11.3. The number of aliphatic hydroxyl groups excluding tert-OH is 1. The highest BCUT2D eigenvalue weighted by atomic mass is 32.2. The number of aromatic hydroxyl groups is 2. The summed E-state index contributed by atoms with van der Waals surface area (Å²) in [5, 5.41) is 32.7. The molecule has 0 spiro atoms. The van der Waals surface area contributed by atoms with Crippen molar-refractivity contribution in [1.29, 1.82) is 0 Å². The van der Waals surface area contributed by atoms with Crippen molar-refractivity contribution in [3.05, 3.63) is 23.3 Å². The first-order chi connectivity index (χ1) is 13.8. The van der Waals surface area contributed by atoms with Crippen LogP contribution in [0.2, 0.25) is 0 Å². The van der Waals surface area contributed by atoms with E-state index in [0.29, 0.717) is 23.8 Å². The number of hydrogen-bond donors (Lipinski definition) is 3. The number of hydrogen-bond acceptors (Lipinski definition) is 5. The zero-order valence-electron chi connectivity index (χ0n) is 18.0.